The topological polar surface area (TPSA) is 23.5 Å². The van der Waals surface area contributed by atoms with Crippen LogP contribution < -0.4 is 0 Å². The first kappa shape index (κ1) is 10.4. The second-order valence-corrected chi connectivity index (χ2v) is 5.91. The molecule has 0 aliphatic carbocycles. The fourth-order valence-corrected chi connectivity index (χ4v) is 2.68. The summed E-state index contributed by atoms with van der Waals surface area (Å²) in [5, 5.41) is 9.01. The molecule has 1 atom stereocenters. The lowest BCUT2D eigenvalue weighted by molar-refractivity contribution is 0.129. The van der Waals surface area contributed by atoms with Gasteiger partial charge in [0.15, 0.2) is 0 Å². The van der Waals surface area contributed by atoms with Gasteiger partial charge in [0.25, 0.3) is 0 Å². The molecule has 1 rings (SSSR count). The molecule has 1 N–H and O–H groups in total. The normalized spacial score (nSPS) is 27.0. The molecule has 1 aliphatic rings. The highest BCUT2D eigenvalue weighted by Crippen LogP contribution is 2.30. The zero-order valence-corrected chi connectivity index (χ0v) is 9.02. The first-order valence-corrected chi connectivity index (χ1v) is 5.52. The van der Waals surface area contributed by atoms with Crippen LogP contribution in [0, 0.1) is 0 Å². The summed E-state index contributed by atoms with van der Waals surface area (Å²) < 4.78 is 0.363. The van der Waals surface area contributed by atoms with Crippen LogP contribution in [0.4, 0.5) is 0 Å². The minimum atomic E-state index is 0.279. The Morgan fingerprint density at radius 3 is 2.75 bits per heavy atom. The third kappa shape index (κ3) is 2.64. The van der Waals surface area contributed by atoms with E-state index < -0.39 is 0 Å². The van der Waals surface area contributed by atoms with Crippen molar-refractivity contribution >= 4 is 11.8 Å². The molecule has 1 saturated heterocycles. The summed E-state index contributed by atoms with van der Waals surface area (Å²) in [4.78, 5) is 2.37. The molecule has 72 valence electrons. The number of hydrogen-bond donors (Lipinski definition) is 1. The number of rotatable bonds is 2. The maximum absolute atomic E-state index is 9.01. The van der Waals surface area contributed by atoms with Crippen LogP contribution in [0.2, 0.25) is 0 Å². The van der Waals surface area contributed by atoms with Crippen molar-refractivity contribution in [2.24, 2.45) is 0 Å². The van der Waals surface area contributed by atoms with Gasteiger partial charge in [-0.15, -0.1) is 0 Å². The van der Waals surface area contributed by atoms with E-state index in [9.17, 15) is 0 Å². The second-order valence-electron chi connectivity index (χ2n) is 4.11. The Morgan fingerprint density at radius 2 is 2.25 bits per heavy atom. The van der Waals surface area contributed by atoms with Crippen LogP contribution in [0.15, 0.2) is 0 Å². The largest absolute Gasteiger partial charge is 0.395 e. The van der Waals surface area contributed by atoms with Crippen LogP contribution in [-0.2, 0) is 0 Å². The zero-order valence-electron chi connectivity index (χ0n) is 8.21. The van der Waals surface area contributed by atoms with Gasteiger partial charge in [0.2, 0.25) is 0 Å². The number of aliphatic hydroxyl groups is 1. The highest BCUT2D eigenvalue weighted by molar-refractivity contribution is 8.00. The monoisotopic (exact) mass is 189 g/mol. The minimum Gasteiger partial charge on any atom is -0.395 e. The molecule has 3 heteroatoms. The quantitative estimate of drug-likeness (QED) is 0.706. The van der Waals surface area contributed by atoms with Crippen LogP contribution >= 0.6 is 11.8 Å². The number of thioether (sulfide) groups is 1. The SMILES string of the molecule is CC(CO)N1CCSC(C)(C)C1. The van der Waals surface area contributed by atoms with Crippen molar-refractivity contribution in [1.29, 1.82) is 0 Å². The van der Waals surface area contributed by atoms with E-state index in [1.807, 2.05) is 11.8 Å². The third-order valence-electron chi connectivity index (χ3n) is 2.34. The predicted molar refractivity (Wildman–Crippen MR) is 54.7 cm³/mol. The molecular formula is C9H19NOS. The zero-order chi connectivity index (χ0) is 9.19. The molecule has 1 unspecified atom stereocenters. The second kappa shape index (κ2) is 3.99. The van der Waals surface area contributed by atoms with E-state index in [1.165, 1.54) is 5.75 Å². The summed E-state index contributed by atoms with van der Waals surface area (Å²) in [6.45, 7) is 9.13. The average Bonchev–Trinajstić information content (AvgIpc) is 2.01. The lowest BCUT2D eigenvalue weighted by Crippen LogP contribution is -2.48. The van der Waals surface area contributed by atoms with Gasteiger partial charge in [-0.25, -0.2) is 0 Å². The van der Waals surface area contributed by atoms with Gasteiger partial charge in [0.05, 0.1) is 6.61 Å². The molecule has 0 aromatic rings. The molecule has 0 spiro atoms. The van der Waals surface area contributed by atoms with Gasteiger partial charge in [-0.1, -0.05) is 0 Å². The van der Waals surface area contributed by atoms with E-state index in [0.29, 0.717) is 10.8 Å². The van der Waals surface area contributed by atoms with Crippen LogP contribution in [0.25, 0.3) is 0 Å². The molecular weight excluding hydrogens is 170 g/mol. The van der Waals surface area contributed by atoms with E-state index in [2.05, 4.69) is 25.7 Å². The number of nitrogens with zero attached hydrogens (tertiary/aromatic N) is 1. The third-order valence-corrected chi connectivity index (χ3v) is 3.64. The summed E-state index contributed by atoms with van der Waals surface area (Å²) in [5.74, 6) is 1.19. The van der Waals surface area contributed by atoms with Crippen molar-refractivity contribution in [2.45, 2.75) is 31.6 Å². The number of hydrogen-bond acceptors (Lipinski definition) is 3. The van der Waals surface area contributed by atoms with Crippen molar-refractivity contribution in [2.75, 3.05) is 25.4 Å². The Kier molecular flexibility index (Phi) is 3.44. The highest BCUT2D eigenvalue weighted by atomic mass is 32.2. The summed E-state index contributed by atoms with van der Waals surface area (Å²) in [5.41, 5.74) is 0. The smallest absolute Gasteiger partial charge is 0.0584 e. The minimum absolute atomic E-state index is 0.279. The van der Waals surface area contributed by atoms with Crippen LogP contribution in [0.1, 0.15) is 20.8 Å². The molecule has 0 bridgehead atoms. The first-order chi connectivity index (χ1) is 5.55. The van der Waals surface area contributed by atoms with Crippen molar-refractivity contribution in [3.05, 3.63) is 0 Å². The van der Waals surface area contributed by atoms with Gasteiger partial charge < -0.3 is 5.11 Å². The summed E-state index contributed by atoms with van der Waals surface area (Å²) in [6.07, 6.45) is 0. The Bertz CT molecular complexity index is 149. The first-order valence-electron chi connectivity index (χ1n) is 4.54. The van der Waals surface area contributed by atoms with Crippen molar-refractivity contribution < 1.29 is 5.11 Å². The highest BCUT2D eigenvalue weighted by Gasteiger charge is 2.28. The van der Waals surface area contributed by atoms with Gasteiger partial charge in [-0.2, -0.15) is 11.8 Å². The maximum atomic E-state index is 9.01. The fourth-order valence-electron chi connectivity index (χ4n) is 1.54. The van der Waals surface area contributed by atoms with Crippen molar-refractivity contribution in [3.8, 4) is 0 Å². The lowest BCUT2D eigenvalue weighted by Gasteiger charge is -2.40. The van der Waals surface area contributed by atoms with E-state index in [-0.39, 0.29) is 6.61 Å². The number of aliphatic hydroxyl groups excluding tert-OH is 1. The molecule has 1 fully saturated rings. The van der Waals surface area contributed by atoms with E-state index >= 15 is 0 Å². The standard InChI is InChI=1S/C9H19NOS/c1-8(6-11)10-4-5-12-9(2,3)7-10/h8,11H,4-7H2,1-3H3. The van der Waals surface area contributed by atoms with Crippen LogP contribution in [0.3, 0.4) is 0 Å². The summed E-state index contributed by atoms with van der Waals surface area (Å²) in [7, 11) is 0. The van der Waals surface area contributed by atoms with Crippen LogP contribution in [-0.4, -0.2) is 46.2 Å². The molecule has 0 saturated carbocycles. The molecule has 0 amide bonds. The Balaban J connectivity index is 2.46. The Hall–Kier alpha value is 0.270. The van der Waals surface area contributed by atoms with Crippen LogP contribution in [0.5, 0.6) is 0 Å². The lowest BCUT2D eigenvalue weighted by atomic mass is 10.1. The molecule has 0 aromatic heterocycles. The predicted octanol–water partition coefficient (Wildman–Crippen LogP) is 1.19. The molecule has 1 aliphatic heterocycles. The Morgan fingerprint density at radius 1 is 1.58 bits per heavy atom. The average molecular weight is 189 g/mol. The maximum Gasteiger partial charge on any atom is 0.0584 e. The van der Waals surface area contributed by atoms with Crippen molar-refractivity contribution in [1.82, 2.24) is 4.90 Å². The van der Waals surface area contributed by atoms with Gasteiger partial charge in [-0.05, 0) is 20.8 Å². The van der Waals surface area contributed by atoms with E-state index in [0.717, 1.165) is 13.1 Å². The van der Waals surface area contributed by atoms with Gasteiger partial charge in [0, 0.05) is 29.6 Å². The van der Waals surface area contributed by atoms with E-state index in [4.69, 9.17) is 5.11 Å². The van der Waals surface area contributed by atoms with Gasteiger partial charge >= 0.3 is 0 Å². The molecule has 1 heterocycles. The molecule has 0 radical (unpaired) electrons. The molecule has 2 nitrogen and oxygen atoms in total. The van der Waals surface area contributed by atoms with Gasteiger partial charge in [-0.3, -0.25) is 4.90 Å². The summed E-state index contributed by atoms with van der Waals surface area (Å²) >= 11 is 2.03. The van der Waals surface area contributed by atoms with Gasteiger partial charge in [0.1, 0.15) is 0 Å². The molecule has 0 aromatic carbocycles. The molecule has 12 heavy (non-hydrogen) atoms. The van der Waals surface area contributed by atoms with Crippen molar-refractivity contribution in [3.63, 3.8) is 0 Å². The van der Waals surface area contributed by atoms with E-state index in [1.54, 1.807) is 0 Å². The fraction of sp³-hybridized carbons (Fsp3) is 1.00. The Labute approximate surface area is 79.3 Å². The summed E-state index contributed by atoms with van der Waals surface area (Å²) in [6, 6.07) is 0.324.